The van der Waals surface area contributed by atoms with Crippen LogP contribution in [0.4, 0.5) is 11.4 Å². The number of benzene rings is 1. The lowest BCUT2D eigenvalue weighted by Gasteiger charge is -2.30. The van der Waals surface area contributed by atoms with Crippen molar-refractivity contribution in [3.05, 3.63) is 70.5 Å². The molecule has 5 rings (SSSR count). The Labute approximate surface area is 203 Å². The van der Waals surface area contributed by atoms with E-state index >= 15 is 0 Å². The van der Waals surface area contributed by atoms with Crippen LogP contribution in [0.3, 0.4) is 0 Å². The number of likely N-dealkylation sites (tertiary alicyclic amines) is 1. The van der Waals surface area contributed by atoms with Crippen LogP contribution in [0.25, 0.3) is 11.3 Å². The smallest absolute Gasteiger partial charge is 0.271 e. The first-order chi connectivity index (χ1) is 17.1. The van der Waals surface area contributed by atoms with Gasteiger partial charge in [0.25, 0.3) is 11.5 Å². The van der Waals surface area contributed by atoms with Gasteiger partial charge >= 0.3 is 0 Å². The average Bonchev–Trinajstić information content (AvgIpc) is 3.58. The van der Waals surface area contributed by atoms with E-state index in [1.807, 2.05) is 18.2 Å². The first-order valence-electron chi connectivity index (χ1n) is 12.0. The number of carbonyl (C=O) groups is 1. The standard InChI is InChI=1S/C26H27N7O2/c27-13-20-15-28-16-24(30-20)19-12-23(26(35)29-14-19)31-25(34)18-5-7-21(8-6-18)33-11-3-4-22(33)17-32-9-1-2-10-32/h5-8,12,14-16,22H,1-4,9-11,17H2,(H,29,35)(H,31,34). The molecule has 2 aromatic heterocycles. The van der Waals surface area contributed by atoms with E-state index in [9.17, 15) is 9.59 Å². The number of H-pyrrole nitrogens is 1. The van der Waals surface area contributed by atoms with Crippen LogP contribution in [0.15, 0.2) is 53.7 Å². The normalized spacial score (nSPS) is 17.9. The van der Waals surface area contributed by atoms with Crippen LogP contribution in [0.5, 0.6) is 0 Å². The van der Waals surface area contributed by atoms with Gasteiger partial charge in [0.2, 0.25) is 0 Å². The van der Waals surface area contributed by atoms with Crippen LogP contribution < -0.4 is 15.8 Å². The van der Waals surface area contributed by atoms with Crippen molar-refractivity contribution in [3.63, 3.8) is 0 Å². The van der Waals surface area contributed by atoms with Gasteiger partial charge < -0.3 is 20.1 Å². The second-order valence-corrected chi connectivity index (χ2v) is 9.03. The predicted octanol–water partition coefficient (Wildman–Crippen LogP) is 3.02. The number of nitrogens with one attached hydrogen (secondary N) is 2. The van der Waals surface area contributed by atoms with E-state index < -0.39 is 5.56 Å². The molecule has 1 atom stereocenters. The largest absolute Gasteiger partial charge is 0.367 e. The number of aromatic amines is 1. The molecule has 2 N–H and O–H groups in total. The summed E-state index contributed by atoms with van der Waals surface area (Å²) in [6.07, 6.45) is 9.30. The SMILES string of the molecule is N#Cc1cncc(-c2c[nH]c(=O)c(NC(=O)c3ccc(N4CCCC4CN4CCCC4)cc3)c2)n1. The summed E-state index contributed by atoms with van der Waals surface area (Å²) in [4.78, 5) is 41.0. The summed E-state index contributed by atoms with van der Waals surface area (Å²) < 4.78 is 0. The van der Waals surface area contributed by atoms with Crippen LogP contribution in [-0.2, 0) is 0 Å². The van der Waals surface area contributed by atoms with Crippen LogP contribution in [-0.4, -0.2) is 58.0 Å². The molecule has 2 aliphatic rings. The Morgan fingerprint density at radius 1 is 1.14 bits per heavy atom. The van der Waals surface area contributed by atoms with Crippen LogP contribution in [0.2, 0.25) is 0 Å². The molecule has 0 radical (unpaired) electrons. The summed E-state index contributed by atoms with van der Waals surface area (Å²) in [7, 11) is 0. The molecule has 1 amide bonds. The minimum Gasteiger partial charge on any atom is -0.367 e. The fraction of sp³-hybridized carbons (Fsp3) is 0.346. The van der Waals surface area contributed by atoms with Crippen molar-refractivity contribution in [1.29, 1.82) is 5.26 Å². The molecule has 178 valence electrons. The van der Waals surface area contributed by atoms with Crippen LogP contribution >= 0.6 is 0 Å². The van der Waals surface area contributed by atoms with Gasteiger partial charge in [-0.25, -0.2) is 4.98 Å². The van der Waals surface area contributed by atoms with Gasteiger partial charge in [0.05, 0.1) is 18.1 Å². The number of amides is 1. The van der Waals surface area contributed by atoms with Gasteiger partial charge in [-0.05, 0) is 69.1 Å². The zero-order valence-electron chi connectivity index (χ0n) is 19.4. The Morgan fingerprint density at radius 2 is 1.94 bits per heavy atom. The number of anilines is 2. The van der Waals surface area contributed by atoms with Crippen molar-refractivity contribution < 1.29 is 4.79 Å². The topological polar surface area (TPSA) is 118 Å². The molecule has 0 bridgehead atoms. The van der Waals surface area contributed by atoms with Gasteiger partial charge in [-0.15, -0.1) is 0 Å². The summed E-state index contributed by atoms with van der Waals surface area (Å²) in [6.45, 7) is 4.52. The van der Waals surface area contributed by atoms with E-state index in [-0.39, 0.29) is 17.3 Å². The van der Waals surface area contributed by atoms with Crippen molar-refractivity contribution in [2.24, 2.45) is 0 Å². The minimum absolute atomic E-state index is 0.103. The zero-order valence-corrected chi connectivity index (χ0v) is 19.4. The Kier molecular flexibility index (Phi) is 6.55. The fourth-order valence-corrected chi connectivity index (χ4v) is 4.91. The first kappa shape index (κ1) is 22.7. The highest BCUT2D eigenvalue weighted by molar-refractivity contribution is 6.04. The maximum absolute atomic E-state index is 12.9. The van der Waals surface area contributed by atoms with E-state index in [4.69, 9.17) is 5.26 Å². The van der Waals surface area contributed by atoms with Gasteiger partial charge in [0.1, 0.15) is 11.8 Å². The number of hydrogen-bond acceptors (Lipinski definition) is 7. The molecule has 0 spiro atoms. The molecular formula is C26H27N7O2. The lowest BCUT2D eigenvalue weighted by atomic mass is 10.1. The van der Waals surface area contributed by atoms with Crippen molar-refractivity contribution >= 4 is 17.3 Å². The van der Waals surface area contributed by atoms with Gasteiger partial charge in [-0.2, -0.15) is 5.26 Å². The highest BCUT2D eigenvalue weighted by Crippen LogP contribution is 2.27. The van der Waals surface area contributed by atoms with Crippen LogP contribution in [0.1, 0.15) is 41.7 Å². The van der Waals surface area contributed by atoms with E-state index in [0.717, 1.165) is 18.8 Å². The quantitative estimate of drug-likeness (QED) is 0.570. The lowest BCUT2D eigenvalue weighted by molar-refractivity contribution is 0.102. The molecule has 0 aliphatic carbocycles. The third-order valence-corrected chi connectivity index (χ3v) is 6.70. The molecule has 2 saturated heterocycles. The molecule has 3 aromatic rings. The van der Waals surface area contributed by atoms with Gasteiger partial charge in [-0.3, -0.25) is 14.6 Å². The third kappa shape index (κ3) is 5.08. The molecule has 2 aliphatic heterocycles. The van der Waals surface area contributed by atoms with Crippen molar-refractivity contribution in [1.82, 2.24) is 19.9 Å². The first-order valence-corrected chi connectivity index (χ1v) is 12.0. The molecule has 9 nitrogen and oxygen atoms in total. The second-order valence-electron chi connectivity index (χ2n) is 9.03. The Hall–Kier alpha value is -4.03. The third-order valence-electron chi connectivity index (χ3n) is 6.70. The molecule has 4 heterocycles. The van der Waals surface area contributed by atoms with Crippen molar-refractivity contribution in [2.45, 2.75) is 31.7 Å². The van der Waals surface area contributed by atoms with E-state index in [2.05, 4.69) is 30.1 Å². The maximum Gasteiger partial charge on any atom is 0.271 e. The second kappa shape index (κ2) is 10.1. The van der Waals surface area contributed by atoms with E-state index in [1.54, 1.807) is 12.1 Å². The van der Waals surface area contributed by atoms with Gasteiger partial charge in [-0.1, -0.05) is 0 Å². The number of aromatic nitrogens is 3. The van der Waals surface area contributed by atoms with Gasteiger partial charge in [0.15, 0.2) is 5.69 Å². The van der Waals surface area contributed by atoms with Gasteiger partial charge in [0, 0.05) is 42.1 Å². The number of nitriles is 1. The van der Waals surface area contributed by atoms with Crippen LogP contribution in [0, 0.1) is 11.3 Å². The summed E-state index contributed by atoms with van der Waals surface area (Å²) in [5, 5.41) is 11.7. The molecule has 2 fully saturated rings. The zero-order chi connectivity index (χ0) is 24.2. The Morgan fingerprint density at radius 3 is 2.71 bits per heavy atom. The number of rotatable bonds is 6. The highest BCUT2D eigenvalue weighted by Gasteiger charge is 2.27. The number of pyridine rings is 1. The monoisotopic (exact) mass is 469 g/mol. The number of carbonyl (C=O) groups excluding carboxylic acids is 1. The summed E-state index contributed by atoms with van der Waals surface area (Å²) >= 11 is 0. The molecular weight excluding hydrogens is 442 g/mol. The molecule has 35 heavy (non-hydrogen) atoms. The summed E-state index contributed by atoms with van der Waals surface area (Å²) in [5.41, 5.74) is 2.40. The molecule has 0 saturated carbocycles. The fourth-order valence-electron chi connectivity index (χ4n) is 4.91. The average molecular weight is 470 g/mol. The van der Waals surface area contributed by atoms with Crippen molar-refractivity contribution in [3.8, 4) is 17.3 Å². The number of hydrogen-bond donors (Lipinski definition) is 2. The highest BCUT2D eigenvalue weighted by atomic mass is 16.2. The molecule has 9 heteroatoms. The van der Waals surface area contributed by atoms with E-state index in [0.29, 0.717) is 22.9 Å². The Balaban J connectivity index is 1.29. The molecule has 1 aromatic carbocycles. The minimum atomic E-state index is -0.426. The lowest BCUT2D eigenvalue weighted by Crippen LogP contribution is -2.39. The van der Waals surface area contributed by atoms with E-state index in [1.165, 1.54) is 63.4 Å². The van der Waals surface area contributed by atoms with Crippen molar-refractivity contribution in [2.75, 3.05) is 36.4 Å². The maximum atomic E-state index is 12.9. The summed E-state index contributed by atoms with van der Waals surface area (Å²) in [5.74, 6) is -0.369. The summed E-state index contributed by atoms with van der Waals surface area (Å²) in [6, 6.07) is 11.6. The Bertz CT molecular complexity index is 1310. The number of nitrogens with zero attached hydrogens (tertiary/aromatic N) is 5. The predicted molar refractivity (Wildman–Crippen MR) is 133 cm³/mol. The molecule has 1 unspecified atom stereocenters.